The molecular formula is C17H20N6O. The zero-order valence-corrected chi connectivity index (χ0v) is 13.4. The van der Waals surface area contributed by atoms with Crippen molar-refractivity contribution in [2.75, 3.05) is 44.7 Å². The van der Waals surface area contributed by atoms with Crippen LogP contribution in [0.3, 0.4) is 0 Å². The van der Waals surface area contributed by atoms with Crippen LogP contribution in [-0.4, -0.2) is 63.9 Å². The minimum Gasteiger partial charge on any atom is -0.379 e. The van der Waals surface area contributed by atoms with E-state index in [9.17, 15) is 0 Å². The number of ether oxygens (including phenoxy) is 1. The highest BCUT2D eigenvalue weighted by atomic mass is 16.5. The molecule has 4 rings (SSSR count). The average Bonchev–Trinajstić information content (AvgIpc) is 3.07. The van der Waals surface area contributed by atoms with E-state index in [1.807, 2.05) is 35.0 Å². The Bertz CT molecular complexity index is 797. The molecule has 124 valence electrons. The lowest BCUT2D eigenvalue weighted by molar-refractivity contribution is 0.0398. The SMILES string of the molecule is c1cc(-c2cnc3ccc(NCCN4CCOCC4)nn23)ccn1. The summed E-state index contributed by atoms with van der Waals surface area (Å²) in [6.07, 6.45) is 5.40. The van der Waals surface area contributed by atoms with Crippen LogP contribution in [0, 0.1) is 0 Å². The van der Waals surface area contributed by atoms with Gasteiger partial charge in [0.05, 0.1) is 25.1 Å². The van der Waals surface area contributed by atoms with Gasteiger partial charge in [0.2, 0.25) is 0 Å². The van der Waals surface area contributed by atoms with Crippen LogP contribution in [0.5, 0.6) is 0 Å². The molecule has 0 aromatic carbocycles. The lowest BCUT2D eigenvalue weighted by atomic mass is 10.2. The first-order valence-electron chi connectivity index (χ1n) is 8.19. The van der Waals surface area contributed by atoms with Crippen LogP contribution in [0.1, 0.15) is 0 Å². The maximum Gasteiger partial charge on any atom is 0.154 e. The van der Waals surface area contributed by atoms with E-state index < -0.39 is 0 Å². The molecule has 4 heterocycles. The van der Waals surface area contributed by atoms with E-state index in [2.05, 4.69) is 25.3 Å². The number of pyridine rings is 1. The van der Waals surface area contributed by atoms with Gasteiger partial charge in [-0.1, -0.05) is 0 Å². The van der Waals surface area contributed by atoms with E-state index in [0.717, 1.165) is 62.1 Å². The summed E-state index contributed by atoms with van der Waals surface area (Å²) in [5.41, 5.74) is 2.85. The smallest absolute Gasteiger partial charge is 0.154 e. The van der Waals surface area contributed by atoms with E-state index in [1.165, 1.54) is 0 Å². The monoisotopic (exact) mass is 324 g/mol. The third kappa shape index (κ3) is 3.22. The summed E-state index contributed by atoms with van der Waals surface area (Å²) in [6.45, 7) is 5.51. The third-order valence-corrected chi connectivity index (χ3v) is 4.18. The van der Waals surface area contributed by atoms with Crippen LogP contribution in [0.4, 0.5) is 5.82 Å². The molecule has 0 amide bonds. The van der Waals surface area contributed by atoms with Gasteiger partial charge in [-0.25, -0.2) is 9.50 Å². The molecule has 0 atom stereocenters. The molecule has 0 spiro atoms. The predicted octanol–water partition coefficient (Wildman–Crippen LogP) is 1.54. The largest absolute Gasteiger partial charge is 0.379 e. The van der Waals surface area contributed by atoms with Gasteiger partial charge in [-0.05, 0) is 24.3 Å². The van der Waals surface area contributed by atoms with Gasteiger partial charge in [-0.15, -0.1) is 5.10 Å². The first kappa shape index (κ1) is 15.0. The van der Waals surface area contributed by atoms with E-state index in [4.69, 9.17) is 4.74 Å². The lowest BCUT2D eigenvalue weighted by Crippen LogP contribution is -2.39. The fraction of sp³-hybridized carbons (Fsp3) is 0.353. The number of fused-ring (bicyclic) bond motifs is 1. The Balaban J connectivity index is 1.48. The molecule has 3 aromatic rings. The van der Waals surface area contributed by atoms with Gasteiger partial charge in [-0.3, -0.25) is 9.88 Å². The summed E-state index contributed by atoms with van der Waals surface area (Å²) in [5.74, 6) is 0.851. The molecule has 0 aliphatic carbocycles. The van der Waals surface area contributed by atoms with Gasteiger partial charge < -0.3 is 10.1 Å². The van der Waals surface area contributed by atoms with E-state index >= 15 is 0 Å². The maximum absolute atomic E-state index is 5.37. The summed E-state index contributed by atoms with van der Waals surface area (Å²) in [6, 6.07) is 7.88. The summed E-state index contributed by atoms with van der Waals surface area (Å²) >= 11 is 0. The molecule has 1 fully saturated rings. The molecule has 1 N–H and O–H groups in total. The van der Waals surface area contributed by atoms with Crippen molar-refractivity contribution in [3.05, 3.63) is 42.9 Å². The molecule has 1 aliphatic heterocycles. The molecular weight excluding hydrogens is 304 g/mol. The molecule has 7 nitrogen and oxygen atoms in total. The second kappa shape index (κ2) is 6.94. The number of nitrogens with zero attached hydrogens (tertiary/aromatic N) is 5. The molecule has 0 radical (unpaired) electrons. The molecule has 0 bridgehead atoms. The van der Waals surface area contributed by atoms with Gasteiger partial charge in [0, 0.05) is 44.1 Å². The fourth-order valence-electron chi connectivity index (χ4n) is 2.85. The zero-order chi connectivity index (χ0) is 16.2. The molecule has 1 aliphatic rings. The fourth-order valence-corrected chi connectivity index (χ4v) is 2.85. The lowest BCUT2D eigenvalue weighted by Gasteiger charge is -2.26. The number of rotatable bonds is 5. The Morgan fingerprint density at radius 3 is 2.75 bits per heavy atom. The van der Waals surface area contributed by atoms with Gasteiger partial charge >= 0.3 is 0 Å². The van der Waals surface area contributed by atoms with Crippen LogP contribution in [-0.2, 0) is 4.74 Å². The highest BCUT2D eigenvalue weighted by Gasteiger charge is 2.10. The first-order chi connectivity index (χ1) is 11.9. The van der Waals surface area contributed by atoms with E-state index in [-0.39, 0.29) is 0 Å². The number of aromatic nitrogens is 4. The van der Waals surface area contributed by atoms with Crippen molar-refractivity contribution in [2.24, 2.45) is 0 Å². The van der Waals surface area contributed by atoms with Gasteiger partial charge in [0.1, 0.15) is 5.82 Å². The van der Waals surface area contributed by atoms with Crippen LogP contribution in [0.25, 0.3) is 16.9 Å². The zero-order valence-electron chi connectivity index (χ0n) is 13.4. The molecule has 3 aromatic heterocycles. The summed E-state index contributed by atoms with van der Waals surface area (Å²) in [5, 5.41) is 8.07. The number of imidazole rings is 1. The van der Waals surface area contributed by atoms with Crippen LogP contribution < -0.4 is 5.32 Å². The first-order valence-corrected chi connectivity index (χ1v) is 8.19. The van der Waals surface area contributed by atoms with Crippen molar-refractivity contribution in [3.63, 3.8) is 0 Å². The van der Waals surface area contributed by atoms with Crippen molar-refractivity contribution in [2.45, 2.75) is 0 Å². The average molecular weight is 324 g/mol. The summed E-state index contributed by atoms with van der Waals surface area (Å²) in [7, 11) is 0. The summed E-state index contributed by atoms with van der Waals surface area (Å²) in [4.78, 5) is 10.9. The minimum atomic E-state index is 0.828. The Morgan fingerprint density at radius 2 is 1.92 bits per heavy atom. The number of hydrogen-bond donors (Lipinski definition) is 1. The topological polar surface area (TPSA) is 67.6 Å². The molecule has 0 saturated carbocycles. The van der Waals surface area contributed by atoms with Crippen LogP contribution in [0.15, 0.2) is 42.9 Å². The minimum absolute atomic E-state index is 0.828. The van der Waals surface area contributed by atoms with Crippen LogP contribution >= 0.6 is 0 Å². The number of morpholine rings is 1. The standard InChI is InChI=1S/C17H20N6O/c1-2-17-20-13-15(14-3-5-18-6-4-14)23(17)21-16(1)19-7-8-22-9-11-24-12-10-22/h1-6,13H,7-12H2,(H,19,21). The molecule has 0 unspecified atom stereocenters. The van der Waals surface area contributed by atoms with Crippen molar-refractivity contribution >= 4 is 11.5 Å². The van der Waals surface area contributed by atoms with Crippen LogP contribution in [0.2, 0.25) is 0 Å². The third-order valence-electron chi connectivity index (χ3n) is 4.18. The van der Waals surface area contributed by atoms with Gasteiger partial charge in [-0.2, -0.15) is 0 Å². The van der Waals surface area contributed by atoms with Crippen molar-refractivity contribution in [1.29, 1.82) is 0 Å². The molecule has 1 saturated heterocycles. The molecule has 24 heavy (non-hydrogen) atoms. The number of nitrogens with one attached hydrogen (secondary N) is 1. The highest BCUT2D eigenvalue weighted by molar-refractivity contribution is 5.63. The Hall–Kier alpha value is -2.51. The highest BCUT2D eigenvalue weighted by Crippen LogP contribution is 2.19. The van der Waals surface area contributed by atoms with Crippen molar-refractivity contribution < 1.29 is 4.74 Å². The van der Waals surface area contributed by atoms with Gasteiger partial charge in [0.25, 0.3) is 0 Å². The van der Waals surface area contributed by atoms with Crippen molar-refractivity contribution in [1.82, 2.24) is 24.5 Å². The Morgan fingerprint density at radius 1 is 1.08 bits per heavy atom. The molecule has 7 heteroatoms. The summed E-state index contributed by atoms with van der Waals surface area (Å²) < 4.78 is 7.24. The second-order valence-electron chi connectivity index (χ2n) is 5.75. The quantitative estimate of drug-likeness (QED) is 0.768. The van der Waals surface area contributed by atoms with E-state index in [1.54, 1.807) is 12.4 Å². The normalized spacial score (nSPS) is 15.7. The van der Waals surface area contributed by atoms with Gasteiger partial charge in [0.15, 0.2) is 5.65 Å². The van der Waals surface area contributed by atoms with Crippen molar-refractivity contribution in [3.8, 4) is 11.3 Å². The van der Waals surface area contributed by atoms with E-state index in [0.29, 0.717) is 0 Å². The second-order valence-corrected chi connectivity index (χ2v) is 5.75. The maximum atomic E-state index is 5.37. The number of anilines is 1. The Labute approximate surface area is 140 Å². The Kier molecular flexibility index (Phi) is 4.35. The number of hydrogen-bond acceptors (Lipinski definition) is 6. The predicted molar refractivity (Wildman–Crippen MR) is 92.0 cm³/mol.